The molecule has 0 spiro atoms. The Morgan fingerprint density at radius 3 is 3.30 bits per heavy atom. The van der Waals surface area contributed by atoms with E-state index < -0.39 is 0 Å². The zero-order chi connectivity index (χ0) is 13.9. The van der Waals surface area contributed by atoms with Gasteiger partial charge < -0.3 is 10.2 Å². The summed E-state index contributed by atoms with van der Waals surface area (Å²) >= 11 is 1.58. The Kier molecular flexibility index (Phi) is 3.98. The van der Waals surface area contributed by atoms with E-state index in [1.165, 1.54) is 6.42 Å². The Balaban J connectivity index is 1.77. The number of likely N-dealkylation sites (tertiary alicyclic amines) is 1. The van der Waals surface area contributed by atoms with Crippen LogP contribution < -0.4 is 5.32 Å². The van der Waals surface area contributed by atoms with Crippen molar-refractivity contribution in [3.8, 4) is 0 Å². The average molecular weight is 289 g/mol. The minimum absolute atomic E-state index is 0.154. The van der Waals surface area contributed by atoms with Gasteiger partial charge >= 0.3 is 0 Å². The largest absolute Gasteiger partial charge is 0.338 e. The van der Waals surface area contributed by atoms with Gasteiger partial charge in [-0.3, -0.25) is 4.79 Å². The lowest BCUT2D eigenvalue weighted by atomic mass is 9.97. The Bertz CT molecular complexity index is 608. The molecule has 3 rings (SSSR count). The lowest BCUT2D eigenvalue weighted by Crippen LogP contribution is -2.42. The molecule has 1 N–H and O–H groups in total. The molecule has 1 saturated heterocycles. The first kappa shape index (κ1) is 13.5. The van der Waals surface area contributed by atoms with Crippen molar-refractivity contribution in [2.24, 2.45) is 5.92 Å². The summed E-state index contributed by atoms with van der Waals surface area (Å²) in [7, 11) is 1.97. The van der Waals surface area contributed by atoms with Crippen molar-refractivity contribution in [3.63, 3.8) is 0 Å². The van der Waals surface area contributed by atoms with Crippen molar-refractivity contribution >= 4 is 27.5 Å². The third kappa shape index (κ3) is 2.69. The van der Waals surface area contributed by atoms with E-state index in [0.717, 1.165) is 41.8 Å². The van der Waals surface area contributed by atoms with Crippen LogP contribution in [-0.4, -0.2) is 42.5 Å². The Morgan fingerprint density at radius 1 is 1.55 bits per heavy atom. The first-order chi connectivity index (χ1) is 9.78. The van der Waals surface area contributed by atoms with Crippen molar-refractivity contribution in [2.75, 3.05) is 26.7 Å². The van der Waals surface area contributed by atoms with Gasteiger partial charge in [0, 0.05) is 18.7 Å². The van der Waals surface area contributed by atoms with E-state index in [1.807, 2.05) is 35.7 Å². The van der Waals surface area contributed by atoms with Gasteiger partial charge in [-0.2, -0.15) is 0 Å². The molecular weight excluding hydrogens is 270 g/mol. The fourth-order valence-corrected chi connectivity index (χ4v) is 3.59. The first-order valence-electron chi connectivity index (χ1n) is 7.05. The van der Waals surface area contributed by atoms with E-state index in [1.54, 1.807) is 11.3 Å². The monoisotopic (exact) mass is 289 g/mol. The summed E-state index contributed by atoms with van der Waals surface area (Å²) in [6, 6.07) is 5.80. The number of hydrogen-bond donors (Lipinski definition) is 1. The quantitative estimate of drug-likeness (QED) is 0.943. The van der Waals surface area contributed by atoms with Gasteiger partial charge in [0.15, 0.2) is 0 Å². The molecule has 5 heteroatoms. The van der Waals surface area contributed by atoms with Crippen LogP contribution in [0.25, 0.3) is 10.2 Å². The predicted octanol–water partition coefficient (Wildman–Crippen LogP) is 2.37. The Labute approximate surface area is 122 Å². The molecule has 1 unspecified atom stereocenters. The molecule has 1 aromatic carbocycles. The molecule has 0 aliphatic carbocycles. The number of piperidine rings is 1. The highest BCUT2D eigenvalue weighted by Crippen LogP contribution is 2.22. The van der Waals surface area contributed by atoms with E-state index in [-0.39, 0.29) is 5.91 Å². The minimum atomic E-state index is 0.154. The molecule has 106 valence electrons. The smallest absolute Gasteiger partial charge is 0.253 e. The molecule has 1 fully saturated rings. The maximum Gasteiger partial charge on any atom is 0.253 e. The van der Waals surface area contributed by atoms with E-state index in [9.17, 15) is 4.79 Å². The van der Waals surface area contributed by atoms with E-state index in [2.05, 4.69) is 10.3 Å². The predicted molar refractivity (Wildman–Crippen MR) is 82.2 cm³/mol. The number of carbonyl (C=O) groups is 1. The fraction of sp³-hybridized carbons (Fsp3) is 0.467. The Hall–Kier alpha value is -1.46. The van der Waals surface area contributed by atoms with Gasteiger partial charge in [-0.05, 0) is 50.6 Å². The summed E-state index contributed by atoms with van der Waals surface area (Å²) in [5.74, 6) is 0.728. The summed E-state index contributed by atoms with van der Waals surface area (Å²) in [6.07, 6.45) is 2.30. The third-order valence-electron chi connectivity index (χ3n) is 3.88. The molecule has 1 amide bonds. The van der Waals surface area contributed by atoms with E-state index in [0.29, 0.717) is 5.92 Å². The van der Waals surface area contributed by atoms with Crippen LogP contribution in [0.15, 0.2) is 23.7 Å². The van der Waals surface area contributed by atoms with Crippen LogP contribution in [0.1, 0.15) is 23.2 Å². The minimum Gasteiger partial charge on any atom is -0.338 e. The normalized spacial score (nSPS) is 19.4. The second-order valence-corrected chi connectivity index (χ2v) is 6.24. The lowest BCUT2D eigenvalue weighted by molar-refractivity contribution is 0.0674. The molecule has 1 aliphatic rings. The van der Waals surface area contributed by atoms with Gasteiger partial charge in [0.1, 0.15) is 0 Å². The van der Waals surface area contributed by atoms with Crippen molar-refractivity contribution in [3.05, 3.63) is 29.3 Å². The number of carbonyl (C=O) groups excluding carboxylic acids is 1. The number of nitrogens with one attached hydrogen (secondary N) is 1. The first-order valence-corrected chi connectivity index (χ1v) is 7.93. The van der Waals surface area contributed by atoms with Crippen molar-refractivity contribution in [1.29, 1.82) is 0 Å². The number of benzene rings is 1. The number of nitrogens with zero attached hydrogens (tertiary/aromatic N) is 2. The van der Waals surface area contributed by atoms with Crippen LogP contribution in [0.4, 0.5) is 0 Å². The van der Waals surface area contributed by atoms with Crippen molar-refractivity contribution in [1.82, 2.24) is 15.2 Å². The van der Waals surface area contributed by atoms with Crippen LogP contribution >= 0.6 is 11.3 Å². The van der Waals surface area contributed by atoms with Crippen molar-refractivity contribution in [2.45, 2.75) is 12.8 Å². The Morgan fingerprint density at radius 2 is 2.45 bits per heavy atom. The van der Waals surface area contributed by atoms with Crippen LogP contribution in [0, 0.1) is 5.92 Å². The summed E-state index contributed by atoms with van der Waals surface area (Å²) in [6.45, 7) is 2.72. The number of rotatable bonds is 3. The second kappa shape index (κ2) is 5.89. The van der Waals surface area contributed by atoms with E-state index >= 15 is 0 Å². The number of aromatic nitrogens is 1. The summed E-state index contributed by atoms with van der Waals surface area (Å²) < 4.78 is 1.08. The third-order valence-corrected chi connectivity index (χ3v) is 4.67. The highest BCUT2D eigenvalue weighted by atomic mass is 32.1. The zero-order valence-corrected chi connectivity index (χ0v) is 12.4. The van der Waals surface area contributed by atoms with Gasteiger partial charge in [0.05, 0.1) is 15.7 Å². The maximum absolute atomic E-state index is 12.6. The average Bonchev–Trinajstić information content (AvgIpc) is 2.94. The molecule has 1 atom stereocenters. The molecule has 0 radical (unpaired) electrons. The molecule has 4 nitrogen and oxygen atoms in total. The summed E-state index contributed by atoms with van der Waals surface area (Å²) in [5.41, 5.74) is 3.58. The molecule has 20 heavy (non-hydrogen) atoms. The molecule has 1 aliphatic heterocycles. The number of thiazole rings is 1. The van der Waals surface area contributed by atoms with Crippen molar-refractivity contribution < 1.29 is 4.79 Å². The zero-order valence-electron chi connectivity index (χ0n) is 11.6. The second-order valence-electron chi connectivity index (χ2n) is 5.35. The fourth-order valence-electron chi connectivity index (χ4n) is 2.88. The van der Waals surface area contributed by atoms with Gasteiger partial charge in [0.2, 0.25) is 0 Å². The highest BCUT2D eigenvalue weighted by Gasteiger charge is 2.24. The van der Waals surface area contributed by atoms with Gasteiger partial charge in [-0.25, -0.2) is 4.98 Å². The van der Waals surface area contributed by atoms with Crippen LogP contribution in [-0.2, 0) is 0 Å². The van der Waals surface area contributed by atoms with Gasteiger partial charge in [-0.15, -0.1) is 11.3 Å². The molecule has 1 aromatic heterocycles. The standard InChI is InChI=1S/C15H19N3OS/c1-16-8-11-3-2-6-18(9-11)15(19)12-4-5-13-14(7-12)20-10-17-13/h4-5,7,10-11,16H,2-3,6,8-9H2,1H3. The lowest BCUT2D eigenvalue weighted by Gasteiger charge is -2.32. The molecule has 2 heterocycles. The SMILES string of the molecule is CNCC1CCCN(C(=O)c2ccc3ncsc3c2)C1. The number of hydrogen-bond acceptors (Lipinski definition) is 4. The van der Waals surface area contributed by atoms with Gasteiger partial charge in [-0.1, -0.05) is 0 Å². The molecule has 0 bridgehead atoms. The maximum atomic E-state index is 12.6. The highest BCUT2D eigenvalue weighted by molar-refractivity contribution is 7.16. The summed E-state index contributed by atoms with van der Waals surface area (Å²) in [4.78, 5) is 18.9. The van der Waals surface area contributed by atoms with Gasteiger partial charge in [0.25, 0.3) is 5.91 Å². The molecule has 0 saturated carbocycles. The van der Waals surface area contributed by atoms with Crippen LogP contribution in [0.3, 0.4) is 0 Å². The van der Waals surface area contributed by atoms with E-state index in [4.69, 9.17) is 0 Å². The number of fused-ring (bicyclic) bond motifs is 1. The molecule has 2 aromatic rings. The topological polar surface area (TPSA) is 45.2 Å². The van der Waals surface area contributed by atoms with Crippen LogP contribution in [0.5, 0.6) is 0 Å². The number of amides is 1. The summed E-state index contributed by atoms with van der Waals surface area (Å²) in [5, 5.41) is 3.21. The molecular formula is C15H19N3OS. The van der Waals surface area contributed by atoms with Crippen LogP contribution in [0.2, 0.25) is 0 Å².